The Kier molecular flexibility index (Phi) is 4.33. The zero-order chi connectivity index (χ0) is 12.1. The second kappa shape index (κ2) is 5.97. The maximum absolute atomic E-state index is 9.13. The molecule has 1 aromatic carbocycles. The molecule has 1 aliphatic carbocycles. The summed E-state index contributed by atoms with van der Waals surface area (Å²) >= 11 is 1.75. The molecule has 1 fully saturated rings. The number of thioether (sulfide) groups is 1. The predicted molar refractivity (Wildman–Crippen MR) is 73.2 cm³/mol. The molecule has 1 saturated carbocycles. The van der Waals surface area contributed by atoms with Gasteiger partial charge in [-0.15, -0.1) is 11.8 Å². The van der Waals surface area contributed by atoms with E-state index in [0.717, 1.165) is 18.5 Å². The van der Waals surface area contributed by atoms with Crippen molar-refractivity contribution >= 4 is 17.4 Å². The molecule has 2 rings (SSSR count). The lowest BCUT2D eigenvalue weighted by atomic mass is 9.85. The van der Waals surface area contributed by atoms with Crippen LogP contribution in [-0.4, -0.2) is 12.3 Å². The molecular formula is C14H18N2S. The Bertz CT molecular complexity index is 394. The van der Waals surface area contributed by atoms with Crippen LogP contribution in [0.15, 0.2) is 29.2 Å². The number of hydrogen-bond acceptors (Lipinski definition) is 3. The van der Waals surface area contributed by atoms with Crippen molar-refractivity contribution in [2.45, 2.75) is 36.6 Å². The van der Waals surface area contributed by atoms with Crippen molar-refractivity contribution in [1.29, 1.82) is 5.26 Å². The fourth-order valence-corrected chi connectivity index (χ4v) is 2.77. The predicted octanol–water partition coefficient (Wildman–Crippen LogP) is 3.90. The second-order valence-corrected chi connectivity index (χ2v) is 5.38. The van der Waals surface area contributed by atoms with Crippen molar-refractivity contribution in [2.24, 2.45) is 5.92 Å². The third kappa shape index (κ3) is 3.17. The highest BCUT2D eigenvalue weighted by molar-refractivity contribution is 7.98. The molecule has 0 spiro atoms. The number of rotatable bonds is 3. The van der Waals surface area contributed by atoms with Gasteiger partial charge in [-0.05, 0) is 43.4 Å². The SMILES string of the molecule is CSc1ccc(NC2CCCCC2C#N)cc1. The number of anilines is 1. The lowest BCUT2D eigenvalue weighted by Crippen LogP contribution is -2.31. The van der Waals surface area contributed by atoms with E-state index in [1.807, 2.05) is 0 Å². The highest BCUT2D eigenvalue weighted by Crippen LogP contribution is 2.27. The maximum Gasteiger partial charge on any atom is 0.0677 e. The molecule has 0 aliphatic heterocycles. The van der Waals surface area contributed by atoms with E-state index in [1.54, 1.807) is 11.8 Å². The molecule has 0 saturated heterocycles. The third-order valence-corrected chi connectivity index (χ3v) is 4.12. The van der Waals surface area contributed by atoms with Gasteiger partial charge < -0.3 is 5.32 Å². The van der Waals surface area contributed by atoms with Gasteiger partial charge in [0, 0.05) is 16.6 Å². The number of benzene rings is 1. The van der Waals surface area contributed by atoms with E-state index in [9.17, 15) is 0 Å². The summed E-state index contributed by atoms with van der Waals surface area (Å²) in [5.74, 6) is 0.170. The minimum absolute atomic E-state index is 0.170. The molecule has 2 atom stereocenters. The molecule has 1 aliphatic rings. The van der Waals surface area contributed by atoms with Gasteiger partial charge in [0.1, 0.15) is 0 Å². The Morgan fingerprint density at radius 2 is 1.94 bits per heavy atom. The first-order valence-corrected chi connectivity index (χ1v) is 7.36. The van der Waals surface area contributed by atoms with Gasteiger partial charge in [0.25, 0.3) is 0 Å². The molecule has 2 nitrogen and oxygen atoms in total. The number of hydrogen-bond donors (Lipinski definition) is 1. The molecule has 1 N–H and O–H groups in total. The Balaban J connectivity index is 2.01. The first-order chi connectivity index (χ1) is 8.33. The molecule has 17 heavy (non-hydrogen) atoms. The first kappa shape index (κ1) is 12.3. The Hall–Kier alpha value is -1.14. The summed E-state index contributed by atoms with van der Waals surface area (Å²) in [7, 11) is 0. The summed E-state index contributed by atoms with van der Waals surface area (Å²) < 4.78 is 0. The normalized spacial score (nSPS) is 24.0. The molecule has 0 radical (unpaired) electrons. The van der Waals surface area contributed by atoms with Gasteiger partial charge in [-0.2, -0.15) is 5.26 Å². The number of nitrogens with one attached hydrogen (secondary N) is 1. The van der Waals surface area contributed by atoms with E-state index in [4.69, 9.17) is 5.26 Å². The zero-order valence-corrected chi connectivity index (χ0v) is 11.0. The molecule has 0 aromatic heterocycles. The number of nitriles is 1. The van der Waals surface area contributed by atoms with Crippen molar-refractivity contribution in [1.82, 2.24) is 0 Å². The van der Waals surface area contributed by atoms with Gasteiger partial charge in [-0.3, -0.25) is 0 Å². The molecule has 0 amide bonds. The van der Waals surface area contributed by atoms with Crippen LogP contribution in [-0.2, 0) is 0 Å². The molecule has 1 aromatic rings. The van der Waals surface area contributed by atoms with Crippen LogP contribution in [0.3, 0.4) is 0 Å². The quantitative estimate of drug-likeness (QED) is 0.822. The van der Waals surface area contributed by atoms with Crippen LogP contribution in [0, 0.1) is 17.2 Å². The zero-order valence-electron chi connectivity index (χ0n) is 10.1. The first-order valence-electron chi connectivity index (χ1n) is 6.13. The Morgan fingerprint density at radius 3 is 2.59 bits per heavy atom. The summed E-state index contributed by atoms with van der Waals surface area (Å²) in [6.45, 7) is 0. The van der Waals surface area contributed by atoms with Crippen molar-refractivity contribution in [2.75, 3.05) is 11.6 Å². The summed E-state index contributed by atoms with van der Waals surface area (Å²) in [6, 6.07) is 11.2. The highest BCUT2D eigenvalue weighted by atomic mass is 32.2. The van der Waals surface area contributed by atoms with E-state index in [2.05, 4.69) is 41.9 Å². The molecule has 2 unspecified atom stereocenters. The molecular weight excluding hydrogens is 228 g/mol. The minimum atomic E-state index is 0.170. The highest BCUT2D eigenvalue weighted by Gasteiger charge is 2.24. The van der Waals surface area contributed by atoms with Crippen LogP contribution in [0.1, 0.15) is 25.7 Å². The summed E-state index contributed by atoms with van der Waals surface area (Å²) in [5.41, 5.74) is 1.13. The van der Waals surface area contributed by atoms with Gasteiger partial charge in [-0.25, -0.2) is 0 Å². The van der Waals surface area contributed by atoms with Gasteiger partial charge in [-0.1, -0.05) is 12.8 Å². The van der Waals surface area contributed by atoms with Crippen molar-refractivity contribution in [3.05, 3.63) is 24.3 Å². The smallest absolute Gasteiger partial charge is 0.0677 e. The standard InChI is InChI=1S/C14H18N2S/c1-17-13-8-6-12(7-9-13)16-14-5-3-2-4-11(14)10-15/h6-9,11,14,16H,2-5H2,1H3. The largest absolute Gasteiger partial charge is 0.381 e. The van der Waals surface area contributed by atoms with Crippen LogP contribution in [0.2, 0.25) is 0 Å². The van der Waals surface area contributed by atoms with Crippen LogP contribution in [0.4, 0.5) is 5.69 Å². The summed E-state index contributed by atoms with van der Waals surface area (Å²) in [5, 5.41) is 12.6. The van der Waals surface area contributed by atoms with Crippen molar-refractivity contribution in [3.8, 4) is 6.07 Å². The molecule has 0 bridgehead atoms. The van der Waals surface area contributed by atoms with Gasteiger partial charge in [0.05, 0.1) is 12.0 Å². The van der Waals surface area contributed by atoms with E-state index in [-0.39, 0.29) is 5.92 Å². The number of nitrogens with zero attached hydrogens (tertiary/aromatic N) is 1. The average molecular weight is 246 g/mol. The average Bonchev–Trinajstić information content (AvgIpc) is 2.40. The van der Waals surface area contributed by atoms with Crippen molar-refractivity contribution in [3.63, 3.8) is 0 Å². The topological polar surface area (TPSA) is 35.8 Å². The lowest BCUT2D eigenvalue weighted by molar-refractivity contribution is 0.389. The Morgan fingerprint density at radius 1 is 1.24 bits per heavy atom. The molecule has 90 valence electrons. The fraction of sp³-hybridized carbons (Fsp3) is 0.500. The summed E-state index contributed by atoms with van der Waals surface area (Å²) in [4.78, 5) is 1.27. The van der Waals surface area contributed by atoms with Crippen LogP contribution in [0.25, 0.3) is 0 Å². The van der Waals surface area contributed by atoms with Crippen LogP contribution in [0.5, 0.6) is 0 Å². The van der Waals surface area contributed by atoms with Gasteiger partial charge in [0.2, 0.25) is 0 Å². The summed E-state index contributed by atoms with van der Waals surface area (Å²) in [6.07, 6.45) is 6.66. The van der Waals surface area contributed by atoms with Crippen molar-refractivity contribution < 1.29 is 0 Å². The van der Waals surface area contributed by atoms with Crippen LogP contribution >= 0.6 is 11.8 Å². The third-order valence-electron chi connectivity index (χ3n) is 3.37. The molecule has 3 heteroatoms. The Labute approximate surface area is 107 Å². The van der Waals surface area contributed by atoms with Gasteiger partial charge in [0.15, 0.2) is 0 Å². The monoisotopic (exact) mass is 246 g/mol. The van der Waals surface area contributed by atoms with E-state index < -0.39 is 0 Å². The van der Waals surface area contributed by atoms with E-state index in [0.29, 0.717) is 6.04 Å². The van der Waals surface area contributed by atoms with Crippen LogP contribution < -0.4 is 5.32 Å². The van der Waals surface area contributed by atoms with E-state index >= 15 is 0 Å². The fourth-order valence-electron chi connectivity index (χ4n) is 2.36. The molecule has 0 heterocycles. The lowest BCUT2D eigenvalue weighted by Gasteiger charge is -2.28. The van der Waals surface area contributed by atoms with E-state index in [1.165, 1.54) is 17.7 Å². The minimum Gasteiger partial charge on any atom is -0.381 e. The maximum atomic E-state index is 9.13. The van der Waals surface area contributed by atoms with Gasteiger partial charge >= 0.3 is 0 Å². The second-order valence-electron chi connectivity index (χ2n) is 4.50.